The third-order valence-corrected chi connectivity index (χ3v) is 7.08. The molecule has 0 bridgehead atoms. The first-order valence-electron chi connectivity index (χ1n) is 10.7. The topological polar surface area (TPSA) is 74.5 Å². The first-order valence-corrected chi connectivity index (χ1v) is 11.5. The van der Waals surface area contributed by atoms with Crippen LogP contribution in [0.2, 0.25) is 0 Å². The van der Waals surface area contributed by atoms with Crippen molar-refractivity contribution in [1.29, 1.82) is 0 Å². The van der Waals surface area contributed by atoms with Gasteiger partial charge in [0.2, 0.25) is 6.41 Å². The third kappa shape index (κ3) is 3.85. The summed E-state index contributed by atoms with van der Waals surface area (Å²) in [4.78, 5) is 10.1. The van der Waals surface area contributed by atoms with Gasteiger partial charge in [-0.3, -0.25) is 9.52 Å². The van der Waals surface area contributed by atoms with E-state index in [-0.39, 0.29) is 5.82 Å². The number of carbonyl (C=O) groups is 1. The monoisotopic (exact) mass is 432 g/mol. The van der Waals surface area contributed by atoms with Crippen LogP contribution in [0.15, 0.2) is 15.6 Å². The van der Waals surface area contributed by atoms with Crippen LogP contribution < -0.4 is 10.0 Å². The van der Waals surface area contributed by atoms with Crippen LogP contribution in [0, 0.1) is 5.82 Å². The zero-order chi connectivity index (χ0) is 21.3. The van der Waals surface area contributed by atoms with E-state index in [1.807, 2.05) is 7.05 Å². The molecule has 5 nitrogen and oxygen atoms in total. The number of aryl methyl sites for hydroxylation is 1. The summed E-state index contributed by atoms with van der Waals surface area (Å²) in [5, 5.41) is 14.0. The number of hydrogen-bond donors (Lipinski definition) is 3. The molecule has 3 aliphatic rings. The molecule has 1 heterocycles. The summed E-state index contributed by atoms with van der Waals surface area (Å²) in [6.45, 7) is 1.79. The van der Waals surface area contributed by atoms with E-state index >= 15 is 0 Å². The molecule has 2 aromatic rings. The molecule has 1 unspecified atom stereocenters. The Labute approximate surface area is 180 Å². The second-order valence-electron chi connectivity index (χ2n) is 8.43. The van der Waals surface area contributed by atoms with Crippen LogP contribution in [0.5, 0.6) is 0 Å². The van der Waals surface area contributed by atoms with Crippen LogP contribution in [0.1, 0.15) is 66.2 Å². The van der Waals surface area contributed by atoms with Gasteiger partial charge in [-0.2, -0.15) is 0 Å². The van der Waals surface area contributed by atoms with Crippen molar-refractivity contribution < 1.29 is 18.7 Å². The van der Waals surface area contributed by atoms with Crippen molar-refractivity contribution in [2.75, 3.05) is 12.4 Å². The molecule has 1 atom stereocenters. The van der Waals surface area contributed by atoms with E-state index in [2.05, 4.69) is 10.0 Å². The van der Waals surface area contributed by atoms with Crippen LogP contribution >= 0.6 is 11.9 Å². The number of benzene rings is 1. The van der Waals surface area contributed by atoms with Crippen LogP contribution in [0.25, 0.3) is 0 Å². The van der Waals surface area contributed by atoms with Gasteiger partial charge in [-0.1, -0.05) is 0 Å². The Hall–Kier alpha value is -1.99. The zero-order valence-electron chi connectivity index (χ0n) is 17.6. The van der Waals surface area contributed by atoms with Gasteiger partial charge in [0.05, 0.1) is 5.60 Å². The molecule has 30 heavy (non-hydrogen) atoms. The van der Waals surface area contributed by atoms with Crippen molar-refractivity contribution in [3.63, 3.8) is 0 Å². The molecular formula is C23H29FN2O3S. The van der Waals surface area contributed by atoms with E-state index in [0.717, 1.165) is 92.2 Å². The first kappa shape index (κ1) is 21.2. The molecule has 0 fully saturated rings. The molecule has 0 spiro atoms. The van der Waals surface area contributed by atoms with Crippen LogP contribution in [-0.2, 0) is 42.5 Å². The normalized spacial score (nSPS) is 21.2. The number of hydrogen-bond acceptors (Lipinski definition) is 5. The summed E-state index contributed by atoms with van der Waals surface area (Å²) in [6.07, 6.45) is 9.34. The molecular weight excluding hydrogens is 403 g/mol. The Morgan fingerprint density at radius 3 is 2.30 bits per heavy atom. The molecule has 3 N–H and O–H groups in total. The lowest BCUT2D eigenvalue weighted by atomic mass is 9.85. The van der Waals surface area contributed by atoms with Crippen molar-refractivity contribution in [3.8, 4) is 0 Å². The van der Waals surface area contributed by atoms with Gasteiger partial charge in [-0.05, 0) is 86.6 Å². The van der Waals surface area contributed by atoms with E-state index in [9.17, 15) is 14.3 Å². The number of carbonyl (C=O) groups excluding carboxylic acids is 1. The number of furan rings is 1. The molecule has 162 valence electrons. The van der Waals surface area contributed by atoms with Gasteiger partial charge in [-0.25, -0.2) is 4.39 Å². The number of amides is 1. The minimum atomic E-state index is -0.795. The second-order valence-corrected chi connectivity index (χ2v) is 9.27. The average molecular weight is 433 g/mol. The largest absolute Gasteiger partial charge is 0.453 e. The third-order valence-electron chi connectivity index (χ3n) is 6.46. The second kappa shape index (κ2) is 8.63. The van der Waals surface area contributed by atoms with Gasteiger partial charge < -0.3 is 14.8 Å². The fourth-order valence-electron chi connectivity index (χ4n) is 5.10. The zero-order valence-corrected chi connectivity index (χ0v) is 18.4. The summed E-state index contributed by atoms with van der Waals surface area (Å²) in [5.41, 5.74) is 5.82. The van der Waals surface area contributed by atoms with Crippen LogP contribution in [0.4, 0.5) is 10.1 Å². The smallest absolute Gasteiger partial charge is 0.217 e. The standard InChI is InChI=1S/C13H16FN.C10H13NO3S/c1-15-13-10-6-2-4-8(10)12(14)9-5-3-7-11(9)13;1-10(13)4-2-3-8-7(10)5-9(14-8)15-11-6-12/h15H,2-7H2,1H3;5-6,13H,2-4H2,1H3,(H,11,12). The van der Waals surface area contributed by atoms with E-state index in [1.165, 1.54) is 16.8 Å². The van der Waals surface area contributed by atoms with Crippen molar-refractivity contribution >= 4 is 24.0 Å². The lowest BCUT2D eigenvalue weighted by Crippen LogP contribution is -2.25. The summed E-state index contributed by atoms with van der Waals surface area (Å²) < 4.78 is 22.2. The maximum absolute atomic E-state index is 14.2. The van der Waals surface area contributed by atoms with Gasteiger partial charge >= 0.3 is 0 Å². The lowest BCUT2D eigenvalue weighted by Gasteiger charge is -2.26. The first-order chi connectivity index (χ1) is 14.5. The lowest BCUT2D eigenvalue weighted by molar-refractivity contribution is -0.107. The number of fused-ring (bicyclic) bond motifs is 3. The molecule has 0 aliphatic heterocycles. The Morgan fingerprint density at radius 1 is 1.10 bits per heavy atom. The van der Waals surface area contributed by atoms with Gasteiger partial charge in [0.15, 0.2) is 5.09 Å². The Balaban J connectivity index is 0.000000145. The predicted octanol–water partition coefficient (Wildman–Crippen LogP) is 4.42. The highest BCUT2D eigenvalue weighted by molar-refractivity contribution is 7.97. The molecule has 0 saturated heterocycles. The van der Waals surface area contributed by atoms with E-state index in [4.69, 9.17) is 4.42 Å². The molecule has 3 aliphatic carbocycles. The average Bonchev–Trinajstić information content (AvgIpc) is 3.46. The van der Waals surface area contributed by atoms with Gasteiger partial charge in [0.25, 0.3) is 0 Å². The number of anilines is 1. The van der Waals surface area contributed by atoms with E-state index in [0.29, 0.717) is 11.5 Å². The molecule has 1 amide bonds. The van der Waals surface area contributed by atoms with Crippen molar-refractivity contribution in [2.45, 2.75) is 75.4 Å². The van der Waals surface area contributed by atoms with Gasteiger partial charge in [-0.15, -0.1) is 0 Å². The number of rotatable bonds is 4. The minimum Gasteiger partial charge on any atom is -0.453 e. The fourth-order valence-corrected chi connectivity index (χ4v) is 5.58. The number of aliphatic hydroxyl groups is 1. The Morgan fingerprint density at radius 2 is 1.73 bits per heavy atom. The maximum atomic E-state index is 14.2. The highest BCUT2D eigenvalue weighted by Gasteiger charge is 2.33. The molecule has 5 rings (SSSR count). The minimum absolute atomic E-state index is 0.119. The van der Waals surface area contributed by atoms with Crippen molar-refractivity contribution in [2.24, 2.45) is 0 Å². The SMILES string of the molecule is CC1(O)CCCc2oc(SNC=O)cc21.CNc1c2c(c(F)c3c1CCC3)CCC2. The number of nitrogens with one attached hydrogen (secondary N) is 2. The van der Waals surface area contributed by atoms with Crippen LogP contribution in [-0.4, -0.2) is 18.6 Å². The van der Waals surface area contributed by atoms with Crippen molar-refractivity contribution in [3.05, 3.63) is 45.5 Å². The quantitative estimate of drug-likeness (QED) is 0.493. The fraction of sp³-hybridized carbons (Fsp3) is 0.522. The molecule has 7 heteroatoms. The van der Waals surface area contributed by atoms with E-state index < -0.39 is 5.60 Å². The molecule has 0 radical (unpaired) electrons. The summed E-state index contributed by atoms with van der Waals surface area (Å²) >= 11 is 1.12. The van der Waals surface area contributed by atoms with Gasteiger partial charge in [0.1, 0.15) is 11.6 Å². The Kier molecular flexibility index (Phi) is 6.11. The Bertz CT molecular complexity index is 919. The molecule has 0 saturated carbocycles. The van der Waals surface area contributed by atoms with Crippen LogP contribution in [0.3, 0.4) is 0 Å². The van der Waals surface area contributed by atoms with E-state index in [1.54, 1.807) is 13.0 Å². The summed E-state index contributed by atoms with van der Waals surface area (Å²) in [6, 6.07) is 1.80. The van der Waals surface area contributed by atoms with Gasteiger partial charge in [0, 0.05) is 36.7 Å². The summed E-state index contributed by atoms with van der Waals surface area (Å²) in [5.74, 6) is 0.954. The highest BCUT2D eigenvalue weighted by Crippen LogP contribution is 2.41. The summed E-state index contributed by atoms with van der Waals surface area (Å²) in [7, 11) is 1.96. The molecule has 1 aromatic carbocycles. The maximum Gasteiger partial charge on any atom is 0.217 e. The number of halogens is 1. The predicted molar refractivity (Wildman–Crippen MR) is 116 cm³/mol. The highest BCUT2D eigenvalue weighted by atomic mass is 32.2. The van der Waals surface area contributed by atoms with Crippen molar-refractivity contribution in [1.82, 2.24) is 4.72 Å². The molecule has 1 aromatic heterocycles.